The smallest absolute Gasteiger partial charge is 0.337 e. The number of carbonyl (C=O) groups is 1. The third-order valence-corrected chi connectivity index (χ3v) is 2.61. The monoisotopic (exact) mass is 209 g/mol. The van der Waals surface area contributed by atoms with E-state index in [1.165, 1.54) is 11.8 Å². The summed E-state index contributed by atoms with van der Waals surface area (Å²) in [4.78, 5) is 11.6. The molecular formula is C10H11NO2S. The number of nitrogen functional groups attached to an aromatic ring is 1. The first-order valence-corrected chi connectivity index (χ1v) is 5.00. The highest BCUT2D eigenvalue weighted by atomic mass is 32.2. The molecule has 0 amide bonds. The first-order chi connectivity index (χ1) is 6.65. The second kappa shape index (κ2) is 4.72. The molecule has 0 aliphatic carbocycles. The van der Waals surface area contributed by atoms with Crippen LogP contribution in [0.1, 0.15) is 10.4 Å². The molecule has 0 atom stereocenters. The van der Waals surface area contributed by atoms with Crippen molar-refractivity contribution < 1.29 is 9.90 Å². The summed E-state index contributed by atoms with van der Waals surface area (Å²) in [5.74, 6) is -0.244. The number of anilines is 1. The fraction of sp³-hybridized carbons (Fsp3) is 0.100. The van der Waals surface area contributed by atoms with Gasteiger partial charge in [-0.15, -0.1) is 18.3 Å². The molecule has 0 aliphatic heterocycles. The lowest BCUT2D eigenvalue weighted by Gasteiger charge is -2.03. The zero-order valence-corrected chi connectivity index (χ0v) is 8.38. The SMILES string of the molecule is C=CCSc1ccc(N)c(C(=O)O)c1. The van der Waals surface area contributed by atoms with Gasteiger partial charge >= 0.3 is 5.97 Å². The molecule has 74 valence electrons. The van der Waals surface area contributed by atoms with E-state index >= 15 is 0 Å². The third-order valence-electron chi connectivity index (χ3n) is 1.62. The molecule has 0 saturated carbocycles. The van der Waals surface area contributed by atoms with Crippen molar-refractivity contribution in [1.82, 2.24) is 0 Å². The van der Waals surface area contributed by atoms with Crippen molar-refractivity contribution in [3.63, 3.8) is 0 Å². The number of thioether (sulfide) groups is 1. The van der Waals surface area contributed by atoms with Gasteiger partial charge in [0.1, 0.15) is 0 Å². The summed E-state index contributed by atoms with van der Waals surface area (Å²) in [5.41, 5.74) is 5.95. The largest absolute Gasteiger partial charge is 0.478 e. The van der Waals surface area contributed by atoms with Crippen LogP contribution in [0.4, 0.5) is 5.69 Å². The van der Waals surface area contributed by atoms with Crippen LogP contribution in [0.5, 0.6) is 0 Å². The Kier molecular flexibility index (Phi) is 3.59. The number of carboxylic acids is 1. The van der Waals surface area contributed by atoms with Crippen LogP contribution in [0.25, 0.3) is 0 Å². The van der Waals surface area contributed by atoms with E-state index in [4.69, 9.17) is 10.8 Å². The predicted octanol–water partition coefficient (Wildman–Crippen LogP) is 2.25. The van der Waals surface area contributed by atoms with Gasteiger partial charge in [0.15, 0.2) is 0 Å². The second-order valence-electron chi connectivity index (χ2n) is 2.65. The number of rotatable bonds is 4. The molecule has 0 radical (unpaired) electrons. The molecule has 1 aromatic rings. The molecule has 0 aliphatic rings. The van der Waals surface area contributed by atoms with E-state index in [2.05, 4.69) is 6.58 Å². The fourth-order valence-corrected chi connectivity index (χ4v) is 1.64. The molecule has 0 spiro atoms. The van der Waals surface area contributed by atoms with Gasteiger partial charge in [-0.1, -0.05) is 6.08 Å². The number of nitrogens with two attached hydrogens (primary N) is 1. The van der Waals surface area contributed by atoms with Crippen molar-refractivity contribution in [2.45, 2.75) is 4.90 Å². The minimum Gasteiger partial charge on any atom is -0.478 e. The topological polar surface area (TPSA) is 63.3 Å². The lowest BCUT2D eigenvalue weighted by atomic mass is 10.2. The van der Waals surface area contributed by atoms with Crippen LogP contribution < -0.4 is 5.73 Å². The molecule has 0 fully saturated rings. The highest BCUT2D eigenvalue weighted by Gasteiger charge is 2.08. The van der Waals surface area contributed by atoms with E-state index in [0.717, 1.165) is 10.6 Å². The van der Waals surface area contributed by atoms with Crippen molar-refractivity contribution in [2.75, 3.05) is 11.5 Å². The summed E-state index contributed by atoms with van der Waals surface area (Å²) < 4.78 is 0. The minimum atomic E-state index is -0.997. The van der Waals surface area contributed by atoms with Crippen molar-refractivity contribution in [2.24, 2.45) is 0 Å². The number of benzene rings is 1. The normalized spacial score (nSPS) is 9.71. The quantitative estimate of drug-likeness (QED) is 0.453. The first-order valence-electron chi connectivity index (χ1n) is 4.01. The maximum absolute atomic E-state index is 10.7. The zero-order chi connectivity index (χ0) is 10.6. The second-order valence-corrected chi connectivity index (χ2v) is 3.75. The standard InChI is InChI=1S/C10H11NO2S/c1-2-5-14-7-3-4-9(11)8(6-7)10(12)13/h2-4,6H,1,5,11H2,(H,12,13). The Hall–Kier alpha value is -1.42. The van der Waals surface area contributed by atoms with Crippen LogP contribution in [0.15, 0.2) is 35.7 Å². The van der Waals surface area contributed by atoms with Crippen LogP contribution in [0.2, 0.25) is 0 Å². The molecule has 0 heterocycles. The number of hydrogen-bond donors (Lipinski definition) is 2. The van der Waals surface area contributed by atoms with Crippen LogP contribution >= 0.6 is 11.8 Å². The average Bonchev–Trinajstić information content (AvgIpc) is 2.16. The van der Waals surface area contributed by atoms with Crippen molar-refractivity contribution in [3.05, 3.63) is 36.4 Å². The van der Waals surface area contributed by atoms with Gasteiger partial charge in [0.05, 0.1) is 5.56 Å². The lowest BCUT2D eigenvalue weighted by Crippen LogP contribution is -2.02. The molecule has 14 heavy (non-hydrogen) atoms. The molecule has 1 aromatic carbocycles. The summed E-state index contributed by atoms with van der Waals surface area (Å²) in [5, 5.41) is 8.81. The molecule has 0 saturated heterocycles. The third kappa shape index (κ3) is 2.53. The van der Waals surface area contributed by atoms with Crippen LogP contribution in [-0.2, 0) is 0 Å². The first kappa shape index (κ1) is 10.7. The Morgan fingerprint density at radius 3 is 2.93 bits per heavy atom. The summed E-state index contributed by atoms with van der Waals surface area (Å²) in [7, 11) is 0. The van der Waals surface area contributed by atoms with E-state index in [-0.39, 0.29) is 5.56 Å². The summed E-state index contributed by atoms with van der Waals surface area (Å²) in [6, 6.07) is 4.98. The molecule has 1 rings (SSSR count). The Bertz CT molecular complexity index is 363. The molecule has 0 aromatic heterocycles. The van der Waals surface area contributed by atoms with E-state index in [1.54, 1.807) is 24.3 Å². The molecule has 0 bridgehead atoms. The maximum Gasteiger partial charge on any atom is 0.337 e. The highest BCUT2D eigenvalue weighted by Crippen LogP contribution is 2.22. The molecule has 3 N–H and O–H groups in total. The van der Waals surface area contributed by atoms with Gasteiger partial charge in [-0.05, 0) is 18.2 Å². The Balaban J connectivity index is 2.94. The summed E-state index contributed by atoms with van der Waals surface area (Å²) in [6.07, 6.45) is 1.77. The van der Waals surface area contributed by atoms with E-state index < -0.39 is 5.97 Å². The van der Waals surface area contributed by atoms with Gasteiger partial charge < -0.3 is 10.8 Å². The van der Waals surface area contributed by atoms with Gasteiger partial charge in [-0.3, -0.25) is 0 Å². The molecular weight excluding hydrogens is 198 g/mol. The van der Waals surface area contributed by atoms with Gasteiger partial charge in [-0.25, -0.2) is 4.79 Å². The Morgan fingerprint density at radius 2 is 2.36 bits per heavy atom. The predicted molar refractivity (Wildman–Crippen MR) is 58.7 cm³/mol. The molecule has 0 unspecified atom stereocenters. The van der Waals surface area contributed by atoms with Crippen molar-refractivity contribution in [3.8, 4) is 0 Å². The van der Waals surface area contributed by atoms with E-state index in [9.17, 15) is 4.79 Å². The maximum atomic E-state index is 10.7. The highest BCUT2D eigenvalue weighted by molar-refractivity contribution is 7.99. The van der Waals surface area contributed by atoms with E-state index in [0.29, 0.717) is 5.69 Å². The summed E-state index contributed by atoms with van der Waals surface area (Å²) in [6.45, 7) is 3.59. The van der Waals surface area contributed by atoms with Crippen LogP contribution in [0.3, 0.4) is 0 Å². The lowest BCUT2D eigenvalue weighted by molar-refractivity contribution is 0.0698. The number of hydrogen-bond acceptors (Lipinski definition) is 3. The fourth-order valence-electron chi connectivity index (χ4n) is 0.966. The van der Waals surface area contributed by atoms with Gasteiger partial charge in [0.25, 0.3) is 0 Å². The van der Waals surface area contributed by atoms with Gasteiger partial charge in [-0.2, -0.15) is 0 Å². The Morgan fingerprint density at radius 1 is 1.64 bits per heavy atom. The van der Waals surface area contributed by atoms with Crippen molar-refractivity contribution in [1.29, 1.82) is 0 Å². The van der Waals surface area contributed by atoms with E-state index in [1.807, 2.05) is 0 Å². The van der Waals surface area contributed by atoms with Crippen LogP contribution in [-0.4, -0.2) is 16.8 Å². The van der Waals surface area contributed by atoms with Crippen molar-refractivity contribution >= 4 is 23.4 Å². The average molecular weight is 209 g/mol. The van der Waals surface area contributed by atoms with Gasteiger partial charge in [0.2, 0.25) is 0 Å². The zero-order valence-electron chi connectivity index (χ0n) is 7.56. The van der Waals surface area contributed by atoms with Gasteiger partial charge in [0, 0.05) is 16.3 Å². The molecule has 4 heteroatoms. The minimum absolute atomic E-state index is 0.152. The number of aromatic carboxylic acids is 1. The summed E-state index contributed by atoms with van der Waals surface area (Å²) >= 11 is 1.52. The number of carboxylic acid groups (broad SMARTS) is 1. The van der Waals surface area contributed by atoms with Crippen LogP contribution in [0, 0.1) is 0 Å². The Labute approximate surface area is 86.6 Å². The molecule has 3 nitrogen and oxygen atoms in total.